The Morgan fingerprint density at radius 2 is 2.10 bits per heavy atom. The van der Waals surface area contributed by atoms with Crippen LogP contribution >= 0.6 is 11.3 Å². The third-order valence-corrected chi connectivity index (χ3v) is 5.35. The van der Waals surface area contributed by atoms with Gasteiger partial charge < -0.3 is 5.11 Å². The largest absolute Gasteiger partial charge is 0.383 e. The number of rotatable bonds is 6. The van der Waals surface area contributed by atoms with Crippen LogP contribution < -0.4 is 4.72 Å². The van der Waals surface area contributed by atoms with Gasteiger partial charge >= 0.3 is 0 Å². The van der Waals surface area contributed by atoms with E-state index in [0.29, 0.717) is 10.4 Å². The second-order valence-electron chi connectivity index (χ2n) is 4.96. The number of hydrogen-bond acceptors (Lipinski definition) is 4. The van der Waals surface area contributed by atoms with E-state index in [1.165, 1.54) is 29.5 Å². The zero-order valence-corrected chi connectivity index (χ0v) is 13.0. The third-order valence-electron chi connectivity index (χ3n) is 2.93. The first-order valence-corrected chi connectivity index (χ1v) is 8.80. The number of aliphatic hydroxyl groups is 1. The molecule has 4 nitrogen and oxygen atoms in total. The molecule has 2 N–H and O–H groups in total. The van der Waals surface area contributed by atoms with E-state index in [0.717, 1.165) is 0 Å². The van der Waals surface area contributed by atoms with E-state index in [4.69, 9.17) is 0 Å². The normalized spacial score (nSPS) is 14.8. The summed E-state index contributed by atoms with van der Waals surface area (Å²) < 4.78 is 39.4. The summed E-state index contributed by atoms with van der Waals surface area (Å²) in [5, 5.41) is 12.1. The highest BCUT2D eigenvalue weighted by Crippen LogP contribution is 2.24. The van der Waals surface area contributed by atoms with Gasteiger partial charge in [-0.2, -0.15) is 0 Å². The van der Waals surface area contributed by atoms with Gasteiger partial charge in [-0.3, -0.25) is 0 Å². The van der Waals surface area contributed by atoms with E-state index in [9.17, 15) is 17.9 Å². The first kappa shape index (κ1) is 16.1. The van der Waals surface area contributed by atoms with E-state index in [1.807, 2.05) is 5.38 Å². The van der Waals surface area contributed by atoms with Crippen molar-refractivity contribution in [2.24, 2.45) is 0 Å². The molecule has 0 saturated carbocycles. The fourth-order valence-electron chi connectivity index (χ4n) is 1.82. The highest BCUT2D eigenvalue weighted by atomic mass is 32.2. The third kappa shape index (κ3) is 4.60. The molecule has 1 aromatic carbocycles. The van der Waals surface area contributed by atoms with Crippen molar-refractivity contribution < 1.29 is 17.9 Å². The van der Waals surface area contributed by atoms with E-state index in [1.54, 1.807) is 25.1 Å². The standard InChI is InChI=1S/C14H16FNO3S2/c1-14(17,13-6-3-7-20-13)10-16-21(18,19)9-11-4-2-5-12(15)8-11/h2-8,16-17H,9-10H2,1H3/t14-/m1/s1. The van der Waals surface area contributed by atoms with Gasteiger partial charge in [-0.05, 0) is 36.1 Å². The van der Waals surface area contributed by atoms with Crippen LogP contribution in [0.15, 0.2) is 41.8 Å². The van der Waals surface area contributed by atoms with Crippen molar-refractivity contribution in [3.05, 3.63) is 58.0 Å². The molecule has 0 unspecified atom stereocenters. The van der Waals surface area contributed by atoms with Gasteiger partial charge in [0.1, 0.15) is 11.4 Å². The first-order chi connectivity index (χ1) is 9.78. The van der Waals surface area contributed by atoms with E-state index < -0.39 is 21.4 Å². The Hall–Kier alpha value is -1.28. The summed E-state index contributed by atoms with van der Waals surface area (Å²) in [6.45, 7) is 1.41. The number of nitrogens with one attached hydrogen (secondary N) is 1. The van der Waals surface area contributed by atoms with Crippen molar-refractivity contribution in [3.63, 3.8) is 0 Å². The molecule has 0 bridgehead atoms. The second-order valence-corrected chi connectivity index (χ2v) is 7.72. The van der Waals surface area contributed by atoms with Crippen LogP contribution in [0, 0.1) is 5.82 Å². The van der Waals surface area contributed by atoms with Gasteiger partial charge in [0.2, 0.25) is 10.0 Å². The number of thiophene rings is 1. The van der Waals surface area contributed by atoms with Crippen LogP contribution in [0.3, 0.4) is 0 Å². The molecule has 0 aliphatic carbocycles. The van der Waals surface area contributed by atoms with Gasteiger partial charge in [0, 0.05) is 11.4 Å². The minimum atomic E-state index is -3.65. The Morgan fingerprint density at radius 1 is 1.33 bits per heavy atom. The van der Waals surface area contributed by atoms with E-state index >= 15 is 0 Å². The molecule has 0 amide bonds. The highest BCUT2D eigenvalue weighted by molar-refractivity contribution is 7.88. The van der Waals surface area contributed by atoms with Crippen LogP contribution in [-0.4, -0.2) is 20.1 Å². The fourth-order valence-corrected chi connectivity index (χ4v) is 3.83. The molecule has 0 fully saturated rings. The van der Waals surface area contributed by atoms with Crippen molar-refractivity contribution in [2.45, 2.75) is 18.3 Å². The lowest BCUT2D eigenvalue weighted by Gasteiger charge is -2.22. The van der Waals surface area contributed by atoms with Crippen molar-refractivity contribution in [1.82, 2.24) is 4.72 Å². The van der Waals surface area contributed by atoms with Crippen molar-refractivity contribution >= 4 is 21.4 Å². The first-order valence-electron chi connectivity index (χ1n) is 6.27. The lowest BCUT2D eigenvalue weighted by molar-refractivity contribution is 0.0666. The number of sulfonamides is 1. The van der Waals surface area contributed by atoms with Crippen molar-refractivity contribution in [2.75, 3.05) is 6.54 Å². The molecule has 1 atom stereocenters. The van der Waals surface area contributed by atoms with Gasteiger partial charge in [0.25, 0.3) is 0 Å². The summed E-state index contributed by atoms with van der Waals surface area (Å²) in [7, 11) is -3.65. The van der Waals surface area contributed by atoms with Gasteiger partial charge in [-0.15, -0.1) is 11.3 Å². The molecule has 0 saturated heterocycles. The van der Waals surface area contributed by atoms with Gasteiger partial charge in [0.05, 0.1) is 5.75 Å². The molecule has 1 aromatic heterocycles. The van der Waals surface area contributed by atoms with Crippen LogP contribution in [0.1, 0.15) is 17.4 Å². The minimum absolute atomic E-state index is 0.134. The topological polar surface area (TPSA) is 66.4 Å². The van der Waals surface area contributed by atoms with E-state index in [-0.39, 0.29) is 12.3 Å². The van der Waals surface area contributed by atoms with Crippen molar-refractivity contribution in [3.8, 4) is 0 Å². The lowest BCUT2D eigenvalue weighted by atomic mass is 10.1. The molecule has 2 aromatic rings. The highest BCUT2D eigenvalue weighted by Gasteiger charge is 2.26. The summed E-state index contributed by atoms with van der Waals surface area (Å²) in [6, 6.07) is 8.96. The van der Waals surface area contributed by atoms with Crippen LogP contribution in [0.2, 0.25) is 0 Å². The fraction of sp³-hybridized carbons (Fsp3) is 0.286. The maximum atomic E-state index is 13.0. The number of benzene rings is 1. The lowest BCUT2D eigenvalue weighted by Crippen LogP contribution is -2.38. The average Bonchev–Trinajstić information content (AvgIpc) is 2.91. The van der Waals surface area contributed by atoms with Gasteiger partial charge in [0.15, 0.2) is 0 Å². The Morgan fingerprint density at radius 3 is 2.71 bits per heavy atom. The molecule has 114 valence electrons. The van der Waals surface area contributed by atoms with E-state index in [2.05, 4.69) is 4.72 Å². The Balaban J connectivity index is 2.02. The average molecular weight is 329 g/mol. The summed E-state index contributed by atoms with van der Waals surface area (Å²) in [4.78, 5) is 0.677. The molecule has 21 heavy (non-hydrogen) atoms. The summed E-state index contributed by atoms with van der Waals surface area (Å²) in [6.07, 6.45) is 0. The maximum absolute atomic E-state index is 13.0. The number of halogens is 1. The predicted octanol–water partition coefficient (Wildman–Crippen LogP) is 2.21. The predicted molar refractivity (Wildman–Crippen MR) is 80.9 cm³/mol. The zero-order chi connectivity index (χ0) is 15.5. The molecule has 0 aliphatic heterocycles. The minimum Gasteiger partial charge on any atom is -0.383 e. The SMILES string of the molecule is C[C@@](O)(CNS(=O)(=O)Cc1cccc(F)c1)c1cccs1. The van der Waals surface area contributed by atoms with Crippen LogP contribution in [0.4, 0.5) is 4.39 Å². The molecule has 0 aliphatic rings. The molecule has 2 rings (SSSR count). The monoisotopic (exact) mass is 329 g/mol. The Kier molecular flexibility index (Phi) is 4.77. The van der Waals surface area contributed by atoms with Crippen LogP contribution in [0.25, 0.3) is 0 Å². The zero-order valence-electron chi connectivity index (χ0n) is 11.4. The molecular formula is C14H16FNO3S2. The quantitative estimate of drug-likeness (QED) is 0.854. The van der Waals surface area contributed by atoms with Crippen molar-refractivity contribution in [1.29, 1.82) is 0 Å². The van der Waals surface area contributed by atoms with Crippen LogP contribution in [0.5, 0.6) is 0 Å². The summed E-state index contributed by atoms with van der Waals surface area (Å²) in [5.41, 5.74) is -0.915. The Bertz CT molecular complexity index is 697. The number of hydrogen-bond donors (Lipinski definition) is 2. The van der Waals surface area contributed by atoms with Gasteiger partial charge in [-0.1, -0.05) is 18.2 Å². The second kappa shape index (κ2) is 6.23. The molecule has 0 radical (unpaired) electrons. The molecule has 1 heterocycles. The summed E-state index contributed by atoms with van der Waals surface area (Å²) in [5.74, 6) is -0.807. The molecule has 0 spiro atoms. The smallest absolute Gasteiger partial charge is 0.215 e. The van der Waals surface area contributed by atoms with Crippen LogP contribution in [-0.2, 0) is 21.4 Å². The molecule has 7 heteroatoms. The Labute approximate surface area is 127 Å². The van der Waals surface area contributed by atoms with Gasteiger partial charge in [-0.25, -0.2) is 17.5 Å². The maximum Gasteiger partial charge on any atom is 0.215 e. The molecular weight excluding hydrogens is 313 g/mol. The summed E-state index contributed by atoms with van der Waals surface area (Å²) >= 11 is 1.35.